The van der Waals surface area contributed by atoms with E-state index in [2.05, 4.69) is 22.0 Å². The van der Waals surface area contributed by atoms with Gasteiger partial charge in [0, 0.05) is 5.90 Å². The third-order valence-electron chi connectivity index (χ3n) is 0.278. The molecule has 1 rings (SSSR count). The third kappa shape index (κ3) is 1.05. The zero-order valence-electron chi connectivity index (χ0n) is 2.03. The molecular weight excluding hydrogens is 201 g/mol. The summed E-state index contributed by atoms with van der Waals surface area (Å²) in [6.45, 7) is 0. The molecule has 1 aliphatic rings. The van der Waals surface area contributed by atoms with Crippen LogP contribution in [0.5, 0.6) is 0 Å². The lowest BCUT2D eigenvalue weighted by Crippen LogP contribution is -1.07. The van der Waals surface area contributed by atoms with Crippen LogP contribution < -0.4 is 0 Å². The van der Waals surface area contributed by atoms with Gasteiger partial charge in [-0.15, -0.1) is 0 Å². The summed E-state index contributed by atoms with van der Waals surface area (Å²) in [6.07, 6.45) is 0. The maximum absolute atomic E-state index is 2.54. The van der Waals surface area contributed by atoms with Crippen molar-refractivity contribution in [1.82, 2.24) is 0 Å². The molecule has 0 aromatic carbocycles. The van der Waals surface area contributed by atoms with Gasteiger partial charge in [0.2, 0.25) is 0 Å². The molecule has 0 spiro atoms. The van der Waals surface area contributed by atoms with Gasteiger partial charge in [-0.25, -0.2) is 0 Å². The maximum atomic E-state index is 2.54. The minimum absolute atomic E-state index is 0.313. The van der Waals surface area contributed by atoms with Crippen LogP contribution in [0, 0.1) is 0 Å². The minimum atomic E-state index is 0.313. The second-order valence-corrected chi connectivity index (χ2v) is 12.1. The highest BCUT2D eigenvalue weighted by atomic mass is 127. The summed E-state index contributed by atoms with van der Waals surface area (Å²) in [5.74, 6) is 1.55. The lowest BCUT2D eigenvalue weighted by Gasteiger charge is -1.44. The highest BCUT2D eigenvalue weighted by Gasteiger charge is 1.96. The van der Waals surface area contributed by atoms with Gasteiger partial charge in [-0.1, -0.05) is 29.9 Å². The van der Waals surface area contributed by atoms with Gasteiger partial charge in [-0.3, -0.25) is 0 Å². The predicted octanol–water partition coefficient (Wildman–Crippen LogP) is 2.38. The zero-order chi connectivity index (χ0) is 2.99. The molecule has 4 heavy (non-hydrogen) atoms. The molecule has 1 aliphatic heterocycles. The zero-order valence-corrected chi connectivity index (χ0v) is 6.08. The van der Waals surface area contributed by atoms with Crippen molar-refractivity contribution in [2.75, 3.05) is 5.90 Å². The number of halogens is 1. The van der Waals surface area contributed by atoms with E-state index in [1.165, 1.54) is 0 Å². The van der Waals surface area contributed by atoms with E-state index in [1.54, 1.807) is 13.8 Å². The van der Waals surface area contributed by atoms with Gasteiger partial charge in [0.25, 0.3) is 0 Å². The Hall–Kier alpha value is 1.46. The topological polar surface area (TPSA) is 0 Å². The molecule has 0 aliphatic carbocycles. The van der Waals surface area contributed by atoms with Crippen LogP contribution in [-0.4, -0.2) is 5.90 Å². The molecule has 1 atom stereocenters. The first-order valence-electron chi connectivity index (χ1n) is 1.08. The molecule has 0 nitrogen and oxygen atoms in total. The Morgan fingerprint density at radius 2 is 2.25 bits per heavy atom. The number of hydrogen-bond donors (Lipinski definition) is 0. The van der Waals surface area contributed by atoms with Crippen LogP contribution in [0.1, 0.15) is 0 Å². The Morgan fingerprint density at radius 3 is 2.25 bits per heavy atom. The molecule has 0 fully saturated rings. The lowest BCUT2D eigenvalue weighted by atomic mass is 11.9. The van der Waals surface area contributed by atoms with Gasteiger partial charge >= 0.3 is 0 Å². The largest absolute Gasteiger partial charge is 0.0951 e. The van der Waals surface area contributed by atoms with Crippen LogP contribution in [0.2, 0.25) is 0 Å². The van der Waals surface area contributed by atoms with E-state index in [1.807, 2.05) is 0 Å². The van der Waals surface area contributed by atoms with Crippen molar-refractivity contribution in [3.05, 3.63) is 0 Å². The molecule has 0 saturated heterocycles. The van der Waals surface area contributed by atoms with Gasteiger partial charge in [0.15, 0.2) is 0 Å². The highest BCUT2D eigenvalue weighted by Crippen LogP contribution is 2.61. The Morgan fingerprint density at radius 1 is 2.00 bits per heavy atom. The SMILES string of the molecule is I[PH]1=PC1. The van der Waals surface area contributed by atoms with Crippen molar-refractivity contribution in [2.24, 2.45) is 0 Å². The fraction of sp³-hybridized carbons (Fsp3) is 1.00. The number of hydrogen-bond acceptors (Lipinski definition) is 0. The quantitative estimate of drug-likeness (QED) is 0.419. The molecule has 1 unspecified atom stereocenters. The van der Waals surface area contributed by atoms with Gasteiger partial charge in [-0.2, -0.15) is 0 Å². The first-order chi connectivity index (χ1) is 1.89. The molecule has 0 N–H and O–H groups in total. The van der Waals surface area contributed by atoms with Gasteiger partial charge in [0.1, 0.15) is 0 Å². The smallest absolute Gasteiger partial charge is 0.0195 e. The van der Waals surface area contributed by atoms with Gasteiger partial charge in [-0.05, 0) is 4.85 Å². The van der Waals surface area contributed by atoms with Gasteiger partial charge < -0.3 is 0 Å². The maximum Gasteiger partial charge on any atom is 0.0195 e. The first kappa shape index (κ1) is 3.64. The van der Waals surface area contributed by atoms with Crippen molar-refractivity contribution in [2.45, 2.75) is 0 Å². The van der Waals surface area contributed by atoms with Crippen molar-refractivity contribution < 1.29 is 0 Å². The van der Waals surface area contributed by atoms with Crippen LogP contribution in [0.4, 0.5) is 0 Å². The Bertz CT molecular complexity index is 57.1. The van der Waals surface area contributed by atoms with Crippen LogP contribution in [0.15, 0.2) is 0 Å². The molecule has 3 heteroatoms. The Kier molecular flexibility index (Phi) is 1.17. The molecule has 0 aromatic rings. The monoisotopic (exact) mass is 204 g/mol. The van der Waals surface area contributed by atoms with Crippen molar-refractivity contribution in [3.63, 3.8) is 0 Å². The summed E-state index contributed by atoms with van der Waals surface area (Å²) >= 11 is 2.54. The first-order valence-corrected chi connectivity index (χ1v) is 7.82. The fourth-order valence-electron chi connectivity index (χ4n) is 0.0299. The summed E-state index contributed by atoms with van der Waals surface area (Å²) in [6, 6.07) is 0. The second-order valence-electron chi connectivity index (χ2n) is 0.692. The van der Waals surface area contributed by atoms with E-state index in [0.717, 1.165) is 0 Å². The normalized spacial score (nSPS) is 41.8. The molecule has 0 amide bonds. The van der Waals surface area contributed by atoms with Crippen molar-refractivity contribution in [3.8, 4) is 0 Å². The Balaban J connectivity index is 2.54. The molecule has 0 aromatic heterocycles. The highest BCUT2D eigenvalue weighted by molar-refractivity contribution is 14.2. The molecular formula is CH3IP2. The summed E-state index contributed by atoms with van der Waals surface area (Å²) in [7, 11) is 1.75. The van der Waals surface area contributed by atoms with E-state index in [9.17, 15) is 0 Å². The average molecular weight is 204 g/mol. The molecule has 0 radical (unpaired) electrons. The second kappa shape index (κ2) is 1.28. The van der Waals surface area contributed by atoms with E-state index in [-0.39, 0.29) is 0 Å². The molecule has 0 saturated carbocycles. The molecule has 24 valence electrons. The summed E-state index contributed by atoms with van der Waals surface area (Å²) in [5.41, 5.74) is 0. The van der Waals surface area contributed by atoms with Crippen LogP contribution in [0.25, 0.3) is 0 Å². The summed E-state index contributed by atoms with van der Waals surface area (Å²) < 4.78 is 0. The van der Waals surface area contributed by atoms with E-state index >= 15 is 0 Å². The van der Waals surface area contributed by atoms with Crippen LogP contribution >= 0.6 is 34.8 Å². The standard InChI is InChI=1S/CH3IP2/c2-4-1-3-4/h4H,1H2. The van der Waals surface area contributed by atoms with E-state index < -0.39 is 0 Å². The third-order valence-corrected chi connectivity index (χ3v) is 8.64. The van der Waals surface area contributed by atoms with Gasteiger partial charge in [0.05, 0.1) is 0 Å². The fourth-order valence-corrected chi connectivity index (χ4v) is 5.41. The van der Waals surface area contributed by atoms with E-state index in [4.69, 9.17) is 0 Å². The van der Waals surface area contributed by atoms with Crippen molar-refractivity contribution >= 4 is 34.8 Å². The average Bonchev–Trinajstić information content (AvgIpc) is 1.75. The predicted molar refractivity (Wildman–Crippen MR) is 34.1 cm³/mol. The minimum Gasteiger partial charge on any atom is -0.0951 e. The number of rotatable bonds is 0. The van der Waals surface area contributed by atoms with E-state index in [0.29, 0.717) is 4.85 Å². The van der Waals surface area contributed by atoms with Crippen molar-refractivity contribution in [1.29, 1.82) is 0 Å². The Labute approximate surface area is 40.8 Å². The van der Waals surface area contributed by atoms with Crippen LogP contribution in [-0.2, 0) is 0 Å². The summed E-state index contributed by atoms with van der Waals surface area (Å²) in [5, 5.41) is 0. The molecule has 0 bridgehead atoms. The lowest BCUT2D eigenvalue weighted by molar-refractivity contribution is 2.37. The molecule has 1 heterocycles. The van der Waals surface area contributed by atoms with Crippen LogP contribution in [0.3, 0.4) is 0 Å². The summed E-state index contributed by atoms with van der Waals surface area (Å²) in [4.78, 5) is 0.313.